The molecule has 1 rings (SSSR count). The van der Waals surface area contributed by atoms with Crippen molar-refractivity contribution < 1.29 is 4.79 Å². The van der Waals surface area contributed by atoms with E-state index in [1.165, 1.54) is 6.42 Å². The first-order valence-electron chi connectivity index (χ1n) is 6.08. The Morgan fingerprint density at radius 2 is 2.31 bits per heavy atom. The number of hydrogen-bond donors (Lipinski definition) is 2. The second-order valence-electron chi connectivity index (χ2n) is 4.82. The highest BCUT2D eigenvalue weighted by atomic mass is 16.1. The van der Waals surface area contributed by atoms with Crippen LogP contribution in [0.2, 0.25) is 0 Å². The van der Waals surface area contributed by atoms with E-state index in [4.69, 9.17) is 12.2 Å². The summed E-state index contributed by atoms with van der Waals surface area (Å²) in [5.74, 6) is 2.69. The third-order valence-corrected chi connectivity index (χ3v) is 3.60. The van der Waals surface area contributed by atoms with Crippen LogP contribution in [-0.2, 0) is 4.79 Å². The number of terminal acetylenes is 1. The van der Waals surface area contributed by atoms with Gasteiger partial charge in [0.2, 0.25) is 5.91 Å². The molecule has 90 valence electrons. The molecule has 0 bridgehead atoms. The van der Waals surface area contributed by atoms with Gasteiger partial charge in [-0.3, -0.25) is 4.79 Å². The molecule has 0 spiro atoms. The van der Waals surface area contributed by atoms with Gasteiger partial charge in [-0.1, -0.05) is 13.3 Å². The first-order chi connectivity index (χ1) is 7.65. The van der Waals surface area contributed by atoms with Gasteiger partial charge in [0.05, 0.1) is 0 Å². The zero-order valence-electron chi connectivity index (χ0n) is 10.1. The molecule has 1 aliphatic carbocycles. The summed E-state index contributed by atoms with van der Waals surface area (Å²) in [5, 5.41) is 2.99. The van der Waals surface area contributed by atoms with Crippen molar-refractivity contribution in [2.75, 3.05) is 6.54 Å². The molecule has 1 atom stereocenters. The lowest BCUT2D eigenvalue weighted by Gasteiger charge is -2.40. The topological polar surface area (TPSA) is 55.1 Å². The van der Waals surface area contributed by atoms with E-state index >= 15 is 0 Å². The van der Waals surface area contributed by atoms with Gasteiger partial charge in [0, 0.05) is 18.9 Å². The Labute approximate surface area is 98.2 Å². The first-order valence-corrected chi connectivity index (χ1v) is 6.08. The highest BCUT2D eigenvalue weighted by Gasteiger charge is 2.37. The van der Waals surface area contributed by atoms with Gasteiger partial charge in [0.1, 0.15) is 0 Å². The van der Waals surface area contributed by atoms with E-state index in [1.807, 2.05) is 6.92 Å². The minimum atomic E-state index is 0.0819. The molecule has 0 heterocycles. The van der Waals surface area contributed by atoms with Crippen molar-refractivity contribution >= 4 is 5.91 Å². The highest BCUT2D eigenvalue weighted by molar-refractivity contribution is 5.77. The van der Waals surface area contributed by atoms with Crippen molar-refractivity contribution in [3.8, 4) is 12.3 Å². The fraction of sp³-hybridized carbons (Fsp3) is 0.769. The summed E-state index contributed by atoms with van der Waals surface area (Å²) in [7, 11) is 0. The van der Waals surface area contributed by atoms with E-state index in [1.54, 1.807) is 0 Å². The molecule has 0 saturated heterocycles. The van der Waals surface area contributed by atoms with E-state index < -0.39 is 0 Å². The molecule has 3 heteroatoms. The second kappa shape index (κ2) is 5.91. The predicted octanol–water partition coefficient (Wildman–Crippen LogP) is 1.42. The van der Waals surface area contributed by atoms with Crippen LogP contribution in [0.3, 0.4) is 0 Å². The van der Waals surface area contributed by atoms with Crippen molar-refractivity contribution in [2.24, 2.45) is 11.1 Å². The fourth-order valence-electron chi connectivity index (χ4n) is 2.19. The van der Waals surface area contributed by atoms with E-state index in [9.17, 15) is 4.79 Å². The predicted molar refractivity (Wildman–Crippen MR) is 65.6 cm³/mol. The largest absolute Gasteiger partial charge is 0.352 e. The summed E-state index contributed by atoms with van der Waals surface area (Å²) >= 11 is 0. The number of nitrogens with two attached hydrogens (primary N) is 1. The zero-order chi connectivity index (χ0) is 12.0. The molecule has 0 aromatic rings. The quantitative estimate of drug-likeness (QED) is 0.668. The Hall–Kier alpha value is -1.01. The maximum Gasteiger partial charge on any atom is 0.220 e. The fourth-order valence-corrected chi connectivity index (χ4v) is 2.19. The maximum absolute atomic E-state index is 11.8. The summed E-state index contributed by atoms with van der Waals surface area (Å²) in [6.45, 7) is 2.65. The molecule has 1 fully saturated rings. The monoisotopic (exact) mass is 222 g/mol. The summed E-state index contributed by atoms with van der Waals surface area (Å²) < 4.78 is 0. The van der Waals surface area contributed by atoms with Crippen LogP contribution in [0.5, 0.6) is 0 Å². The first kappa shape index (κ1) is 13.1. The van der Waals surface area contributed by atoms with Gasteiger partial charge < -0.3 is 11.1 Å². The van der Waals surface area contributed by atoms with Gasteiger partial charge in [0.15, 0.2) is 0 Å². The Morgan fingerprint density at radius 1 is 1.62 bits per heavy atom. The van der Waals surface area contributed by atoms with E-state index in [2.05, 4.69) is 11.2 Å². The molecule has 1 amide bonds. The molecule has 0 aliphatic heterocycles. The SMILES string of the molecule is C#CCC(CC)NC(=O)CC1(CN)CCC1. The molecule has 3 N–H and O–H groups in total. The molecule has 0 aromatic carbocycles. The van der Waals surface area contributed by atoms with Crippen molar-refractivity contribution in [1.82, 2.24) is 5.32 Å². The molecule has 16 heavy (non-hydrogen) atoms. The molecular weight excluding hydrogens is 200 g/mol. The molecular formula is C13H22N2O. The summed E-state index contributed by atoms with van der Waals surface area (Å²) in [4.78, 5) is 11.8. The standard InChI is InChI=1S/C13H22N2O/c1-3-6-11(4-2)15-12(16)9-13(10-14)7-5-8-13/h1,11H,4-10,14H2,2H3,(H,15,16). The Morgan fingerprint density at radius 3 is 2.69 bits per heavy atom. The van der Waals surface area contributed by atoms with Crippen molar-refractivity contribution in [3.05, 3.63) is 0 Å². The molecule has 3 nitrogen and oxygen atoms in total. The van der Waals surface area contributed by atoms with Crippen LogP contribution < -0.4 is 11.1 Å². The molecule has 0 radical (unpaired) electrons. The van der Waals surface area contributed by atoms with Crippen molar-refractivity contribution in [2.45, 2.75) is 51.5 Å². The number of nitrogens with one attached hydrogen (secondary N) is 1. The Balaban J connectivity index is 2.37. The molecule has 1 unspecified atom stereocenters. The number of amides is 1. The lowest BCUT2D eigenvalue weighted by molar-refractivity contribution is -0.125. The van der Waals surface area contributed by atoms with Crippen molar-refractivity contribution in [3.63, 3.8) is 0 Å². The van der Waals surface area contributed by atoms with Gasteiger partial charge in [-0.05, 0) is 31.2 Å². The zero-order valence-corrected chi connectivity index (χ0v) is 10.1. The highest BCUT2D eigenvalue weighted by Crippen LogP contribution is 2.42. The average Bonchev–Trinajstić information content (AvgIpc) is 2.23. The molecule has 1 saturated carbocycles. The number of carbonyl (C=O) groups is 1. The van der Waals surface area contributed by atoms with Gasteiger partial charge in [-0.25, -0.2) is 0 Å². The van der Waals surface area contributed by atoms with E-state index in [0.29, 0.717) is 19.4 Å². The van der Waals surface area contributed by atoms with Crippen LogP contribution in [0.4, 0.5) is 0 Å². The third-order valence-electron chi connectivity index (χ3n) is 3.60. The maximum atomic E-state index is 11.8. The van der Waals surface area contributed by atoms with Crippen LogP contribution in [0.15, 0.2) is 0 Å². The van der Waals surface area contributed by atoms with Crippen molar-refractivity contribution in [1.29, 1.82) is 0 Å². The lowest BCUT2D eigenvalue weighted by Crippen LogP contribution is -2.44. The minimum absolute atomic E-state index is 0.0819. The van der Waals surface area contributed by atoms with Crippen LogP contribution in [0, 0.1) is 17.8 Å². The smallest absolute Gasteiger partial charge is 0.220 e. The molecule has 1 aliphatic rings. The second-order valence-corrected chi connectivity index (χ2v) is 4.82. The molecule has 0 aromatic heterocycles. The van der Waals surface area contributed by atoms with Crippen LogP contribution in [0.25, 0.3) is 0 Å². The normalized spacial score (nSPS) is 19.3. The minimum Gasteiger partial charge on any atom is -0.352 e. The summed E-state index contributed by atoms with van der Waals surface area (Å²) in [6.07, 6.45) is 10.7. The van der Waals surface area contributed by atoms with Gasteiger partial charge in [-0.15, -0.1) is 12.3 Å². The number of hydrogen-bond acceptors (Lipinski definition) is 2. The number of rotatable bonds is 6. The summed E-state index contributed by atoms with van der Waals surface area (Å²) in [6, 6.07) is 0.118. The van der Waals surface area contributed by atoms with Gasteiger partial charge >= 0.3 is 0 Å². The van der Waals surface area contributed by atoms with E-state index in [0.717, 1.165) is 19.3 Å². The average molecular weight is 222 g/mol. The van der Waals surface area contributed by atoms with Crippen LogP contribution in [-0.4, -0.2) is 18.5 Å². The van der Waals surface area contributed by atoms with Gasteiger partial charge in [0.25, 0.3) is 0 Å². The lowest BCUT2D eigenvalue weighted by atomic mass is 9.66. The van der Waals surface area contributed by atoms with E-state index in [-0.39, 0.29) is 17.4 Å². The number of carbonyl (C=O) groups excluding carboxylic acids is 1. The third kappa shape index (κ3) is 3.24. The summed E-state index contributed by atoms with van der Waals surface area (Å²) in [5.41, 5.74) is 5.81. The van der Waals surface area contributed by atoms with Gasteiger partial charge in [-0.2, -0.15) is 0 Å². The Bertz CT molecular complexity index is 271. The van der Waals surface area contributed by atoms with Crippen LogP contribution in [0.1, 0.15) is 45.4 Å². The van der Waals surface area contributed by atoms with Crippen LogP contribution >= 0.6 is 0 Å². The Kier molecular flexibility index (Phi) is 4.82.